The number of rotatable bonds is 3. The first kappa shape index (κ1) is 18.6. The molecule has 1 aromatic carbocycles. The minimum Gasteiger partial charge on any atom is -0.335 e. The van der Waals surface area contributed by atoms with Crippen LogP contribution in [-0.2, 0) is 10.0 Å². The molecule has 6 nitrogen and oxygen atoms in total. The lowest BCUT2D eigenvalue weighted by molar-refractivity contribution is 0.0692. The van der Waals surface area contributed by atoms with Crippen LogP contribution in [0.1, 0.15) is 16.1 Å². The fourth-order valence-corrected chi connectivity index (χ4v) is 4.53. The summed E-state index contributed by atoms with van der Waals surface area (Å²) in [7, 11) is -3.64. The molecule has 0 N–H and O–H groups in total. The number of hydrogen-bond acceptors (Lipinski definition) is 4. The van der Waals surface area contributed by atoms with E-state index in [1.54, 1.807) is 35.2 Å². The van der Waals surface area contributed by atoms with Gasteiger partial charge in [-0.2, -0.15) is 4.31 Å². The maximum Gasteiger partial charge on any atom is 0.272 e. The highest BCUT2D eigenvalue weighted by Crippen LogP contribution is 2.19. The number of halogens is 1. The van der Waals surface area contributed by atoms with Crippen LogP contribution in [0.3, 0.4) is 0 Å². The summed E-state index contributed by atoms with van der Waals surface area (Å²) in [4.78, 5) is 18.4. The molecule has 0 spiro atoms. The lowest BCUT2D eigenvalue weighted by Crippen LogP contribution is -2.50. The lowest BCUT2D eigenvalue weighted by Gasteiger charge is -2.33. The minimum absolute atomic E-state index is 0.168. The van der Waals surface area contributed by atoms with Crippen molar-refractivity contribution in [2.24, 2.45) is 0 Å². The normalized spacial score (nSPS) is 15.5. The molecule has 0 radical (unpaired) electrons. The highest BCUT2D eigenvalue weighted by atomic mass is 79.9. The number of carbonyl (C=O) groups excluding carboxylic acids is 1. The molecular formula is C18H16BrN3O3S. The van der Waals surface area contributed by atoms with Crippen molar-refractivity contribution in [1.82, 2.24) is 14.2 Å². The molecule has 1 amide bonds. The molecule has 26 heavy (non-hydrogen) atoms. The number of nitrogens with zero attached hydrogens (tertiary/aromatic N) is 3. The second-order valence-electron chi connectivity index (χ2n) is 5.71. The third-order valence-corrected chi connectivity index (χ3v) is 6.43. The number of aromatic nitrogens is 1. The average molecular weight is 434 g/mol. The maximum atomic E-state index is 12.8. The fourth-order valence-electron chi connectivity index (χ4n) is 2.72. The number of benzene rings is 1. The van der Waals surface area contributed by atoms with Gasteiger partial charge in [-0.3, -0.25) is 4.79 Å². The smallest absolute Gasteiger partial charge is 0.272 e. The van der Waals surface area contributed by atoms with E-state index in [1.165, 1.54) is 16.4 Å². The van der Waals surface area contributed by atoms with Gasteiger partial charge in [-0.1, -0.05) is 18.1 Å². The summed E-state index contributed by atoms with van der Waals surface area (Å²) in [5.74, 6) is 2.23. The van der Waals surface area contributed by atoms with E-state index in [9.17, 15) is 13.2 Å². The largest absolute Gasteiger partial charge is 0.335 e. The molecule has 134 valence electrons. The monoisotopic (exact) mass is 433 g/mol. The maximum absolute atomic E-state index is 12.8. The number of pyridine rings is 1. The van der Waals surface area contributed by atoms with Gasteiger partial charge in [0.25, 0.3) is 5.91 Å². The Labute approximate surface area is 161 Å². The number of carbonyl (C=O) groups is 1. The summed E-state index contributed by atoms with van der Waals surface area (Å²) in [6.07, 6.45) is 5.35. The van der Waals surface area contributed by atoms with Crippen molar-refractivity contribution >= 4 is 31.9 Å². The molecule has 2 aromatic rings. The molecule has 0 unspecified atom stereocenters. The minimum atomic E-state index is -3.64. The molecule has 3 rings (SSSR count). The van der Waals surface area contributed by atoms with Crippen molar-refractivity contribution in [2.45, 2.75) is 4.90 Å². The number of terminal acetylenes is 1. The van der Waals surface area contributed by atoms with E-state index in [-0.39, 0.29) is 23.9 Å². The Bertz CT molecular complexity index is 977. The third kappa shape index (κ3) is 3.80. The Kier molecular flexibility index (Phi) is 5.41. The van der Waals surface area contributed by atoms with Crippen molar-refractivity contribution in [3.8, 4) is 12.3 Å². The molecule has 2 heterocycles. The van der Waals surface area contributed by atoms with Crippen LogP contribution in [0, 0.1) is 12.3 Å². The number of piperazine rings is 1. The van der Waals surface area contributed by atoms with Crippen molar-refractivity contribution in [1.29, 1.82) is 0 Å². The summed E-state index contributed by atoms with van der Waals surface area (Å²) >= 11 is 3.24. The van der Waals surface area contributed by atoms with E-state index in [2.05, 4.69) is 26.8 Å². The molecule has 0 saturated carbocycles. The highest BCUT2D eigenvalue weighted by molar-refractivity contribution is 9.10. The molecule has 1 saturated heterocycles. The Hall–Kier alpha value is -2.21. The average Bonchev–Trinajstić information content (AvgIpc) is 2.67. The number of sulfonamides is 1. The summed E-state index contributed by atoms with van der Waals surface area (Å²) in [5, 5.41) is 0. The van der Waals surface area contributed by atoms with Crippen LogP contribution in [0.15, 0.2) is 52.0 Å². The van der Waals surface area contributed by atoms with Crippen LogP contribution in [0.5, 0.6) is 0 Å². The summed E-state index contributed by atoms with van der Waals surface area (Å²) in [6, 6.07) is 11.4. The van der Waals surface area contributed by atoms with Gasteiger partial charge in [0.1, 0.15) is 10.3 Å². The van der Waals surface area contributed by atoms with Gasteiger partial charge < -0.3 is 4.90 Å². The third-order valence-electron chi connectivity index (χ3n) is 4.10. The molecule has 1 fully saturated rings. The SMILES string of the molecule is C#Cc1cccc(S(=O)(=O)N2CCN(C(=O)c3cccc(Br)n3)CC2)c1. The van der Waals surface area contributed by atoms with Crippen LogP contribution in [-0.4, -0.2) is 54.7 Å². The van der Waals surface area contributed by atoms with Crippen molar-refractivity contribution in [3.05, 3.63) is 58.3 Å². The molecule has 8 heteroatoms. The van der Waals surface area contributed by atoms with Crippen LogP contribution < -0.4 is 0 Å². The van der Waals surface area contributed by atoms with E-state index >= 15 is 0 Å². The van der Waals surface area contributed by atoms with Gasteiger partial charge >= 0.3 is 0 Å². The van der Waals surface area contributed by atoms with E-state index in [0.29, 0.717) is 29.0 Å². The van der Waals surface area contributed by atoms with Crippen LogP contribution >= 0.6 is 15.9 Å². The van der Waals surface area contributed by atoms with E-state index in [1.807, 2.05) is 0 Å². The summed E-state index contributed by atoms with van der Waals surface area (Å²) in [5.41, 5.74) is 0.845. The molecule has 1 aliphatic heterocycles. The van der Waals surface area contributed by atoms with Gasteiger partial charge in [0.05, 0.1) is 4.90 Å². The van der Waals surface area contributed by atoms with Crippen LogP contribution in [0.4, 0.5) is 0 Å². The predicted octanol–water partition coefficient (Wildman–Crippen LogP) is 1.97. The first-order valence-electron chi connectivity index (χ1n) is 7.90. The topological polar surface area (TPSA) is 70.6 Å². The molecular weight excluding hydrogens is 418 g/mol. The molecule has 0 atom stereocenters. The summed E-state index contributed by atoms with van der Waals surface area (Å²) in [6.45, 7) is 1.06. The summed E-state index contributed by atoms with van der Waals surface area (Å²) < 4.78 is 27.5. The van der Waals surface area contributed by atoms with E-state index in [4.69, 9.17) is 6.42 Å². The van der Waals surface area contributed by atoms with E-state index < -0.39 is 10.0 Å². The first-order chi connectivity index (χ1) is 12.4. The van der Waals surface area contributed by atoms with Gasteiger partial charge in [-0.15, -0.1) is 6.42 Å². The first-order valence-corrected chi connectivity index (χ1v) is 10.1. The van der Waals surface area contributed by atoms with Crippen LogP contribution in [0.25, 0.3) is 0 Å². The van der Waals surface area contributed by atoms with Crippen molar-refractivity contribution < 1.29 is 13.2 Å². The zero-order valence-corrected chi connectivity index (χ0v) is 16.2. The number of amides is 1. The molecule has 0 aliphatic carbocycles. The van der Waals surface area contributed by atoms with Crippen LogP contribution in [0.2, 0.25) is 0 Å². The Morgan fingerprint density at radius 1 is 1.12 bits per heavy atom. The predicted molar refractivity (Wildman–Crippen MR) is 101 cm³/mol. The van der Waals surface area contributed by atoms with Gasteiger partial charge in [-0.05, 0) is 46.3 Å². The molecule has 0 bridgehead atoms. The zero-order valence-electron chi connectivity index (χ0n) is 13.8. The van der Waals surface area contributed by atoms with Crippen molar-refractivity contribution in [3.63, 3.8) is 0 Å². The fraction of sp³-hybridized carbons (Fsp3) is 0.222. The van der Waals surface area contributed by atoms with Crippen molar-refractivity contribution in [2.75, 3.05) is 26.2 Å². The lowest BCUT2D eigenvalue weighted by atomic mass is 10.2. The number of hydrogen-bond donors (Lipinski definition) is 0. The van der Waals surface area contributed by atoms with Gasteiger partial charge in [0, 0.05) is 31.7 Å². The Balaban J connectivity index is 1.71. The van der Waals surface area contributed by atoms with Gasteiger partial charge in [0.15, 0.2) is 0 Å². The highest BCUT2D eigenvalue weighted by Gasteiger charge is 2.30. The Morgan fingerprint density at radius 3 is 2.46 bits per heavy atom. The molecule has 1 aromatic heterocycles. The quantitative estimate of drug-likeness (QED) is 0.547. The van der Waals surface area contributed by atoms with Gasteiger partial charge in [0.2, 0.25) is 10.0 Å². The standard InChI is InChI=1S/C18H16BrN3O3S/c1-2-14-5-3-6-15(13-14)26(24,25)22-11-9-21(10-12-22)18(23)16-7-4-8-17(19)20-16/h1,3-8,13H,9-12H2. The second kappa shape index (κ2) is 7.58. The molecule has 1 aliphatic rings. The zero-order chi connectivity index (χ0) is 18.7. The van der Waals surface area contributed by atoms with Gasteiger partial charge in [-0.25, -0.2) is 13.4 Å². The Morgan fingerprint density at radius 2 is 1.81 bits per heavy atom. The van der Waals surface area contributed by atoms with E-state index in [0.717, 1.165) is 0 Å². The second-order valence-corrected chi connectivity index (χ2v) is 8.46.